The van der Waals surface area contributed by atoms with Gasteiger partial charge < -0.3 is 14.0 Å². The number of Topliss-reactive ketones (excluding diaryl/α,β-unsaturated/α-hetero) is 1. The minimum Gasteiger partial charge on any atom is -0.346 e. The first-order valence-electron chi connectivity index (χ1n) is 6.03. The van der Waals surface area contributed by atoms with Crippen LogP contribution in [0.25, 0.3) is 0 Å². The highest BCUT2D eigenvalue weighted by Crippen LogP contribution is 2.07. The van der Waals surface area contributed by atoms with E-state index < -0.39 is 6.29 Å². The molecule has 5 nitrogen and oxygen atoms in total. The molecule has 1 rings (SSSR count). The number of carbonyl (C=O) groups excluding carboxylic acids is 1. The first kappa shape index (κ1) is 13.9. The Balaban J connectivity index is 2.80. The number of aromatic nitrogens is 2. The number of ether oxygens (including phenoxy) is 2. The van der Waals surface area contributed by atoms with Crippen molar-refractivity contribution in [3.63, 3.8) is 0 Å². The topological polar surface area (TPSA) is 53.4 Å². The van der Waals surface area contributed by atoms with E-state index in [0.29, 0.717) is 19.0 Å². The zero-order chi connectivity index (χ0) is 12.7. The molecule has 1 aromatic heterocycles. The van der Waals surface area contributed by atoms with E-state index >= 15 is 0 Å². The van der Waals surface area contributed by atoms with Gasteiger partial charge in [0.2, 0.25) is 6.29 Å². The van der Waals surface area contributed by atoms with E-state index in [9.17, 15) is 4.79 Å². The predicted molar refractivity (Wildman–Crippen MR) is 63.9 cm³/mol. The van der Waals surface area contributed by atoms with Crippen molar-refractivity contribution in [2.45, 2.75) is 40.0 Å². The molecule has 1 heterocycles. The third kappa shape index (κ3) is 3.64. The average molecular weight is 240 g/mol. The van der Waals surface area contributed by atoms with Crippen molar-refractivity contribution in [1.82, 2.24) is 9.55 Å². The summed E-state index contributed by atoms with van der Waals surface area (Å²) in [4.78, 5) is 16.2. The Morgan fingerprint density at radius 1 is 1.35 bits per heavy atom. The molecule has 5 heteroatoms. The molecular formula is C12H20N2O3. The molecule has 0 amide bonds. The lowest BCUT2D eigenvalue weighted by Crippen LogP contribution is -2.30. The zero-order valence-electron chi connectivity index (χ0n) is 10.7. The van der Waals surface area contributed by atoms with Gasteiger partial charge in [0, 0.05) is 32.2 Å². The van der Waals surface area contributed by atoms with E-state index in [1.807, 2.05) is 18.4 Å². The molecule has 0 aliphatic carbocycles. The largest absolute Gasteiger partial charge is 0.346 e. The molecule has 0 aromatic carbocycles. The SMILES string of the molecule is CCCn1ccnc1C(=O)C(OCC)OCC. The van der Waals surface area contributed by atoms with Crippen LogP contribution < -0.4 is 0 Å². The first-order chi connectivity index (χ1) is 8.24. The number of carbonyl (C=O) groups is 1. The van der Waals surface area contributed by atoms with Crippen molar-refractivity contribution >= 4 is 5.78 Å². The summed E-state index contributed by atoms with van der Waals surface area (Å²) in [5.74, 6) is 0.186. The Labute approximate surface area is 102 Å². The van der Waals surface area contributed by atoms with Gasteiger partial charge in [-0.1, -0.05) is 6.92 Å². The van der Waals surface area contributed by atoms with E-state index in [-0.39, 0.29) is 5.78 Å². The van der Waals surface area contributed by atoms with Gasteiger partial charge >= 0.3 is 0 Å². The average Bonchev–Trinajstić information content (AvgIpc) is 2.77. The molecule has 96 valence electrons. The second kappa shape index (κ2) is 7.19. The van der Waals surface area contributed by atoms with Crippen LogP contribution in [-0.2, 0) is 16.0 Å². The summed E-state index contributed by atoms with van der Waals surface area (Å²) in [6.45, 7) is 7.36. The zero-order valence-corrected chi connectivity index (χ0v) is 10.7. The second-order valence-corrected chi connectivity index (χ2v) is 3.55. The fraction of sp³-hybridized carbons (Fsp3) is 0.667. The van der Waals surface area contributed by atoms with Crippen LogP contribution in [0, 0.1) is 0 Å². The summed E-state index contributed by atoms with van der Waals surface area (Å²) in [5, 5.41) is 0. The number of imidazole rings is 1. The molecule has 0 saturated heterocycles. The molecule has 1 aromatic rings. The molecule has 0 saturated carbocycles. The lowest BCUT2D eigenvalue weighted by atomic mass is 10.3. The van der Waals surface area contributed by atoms with Crippen molar-refractivity contribution in [2.24, 2.45) is 0 Å². The maximum Gasteiger partial charge on any atom is 0.254 e. The van der Waals surface area contributed by atoms with Crippen molar-refractivity contribution in [3.05, 3.63) is 18.2 Å². The Morgan fingerprint density at radius 2 is 2.00 bits per heavy atom. The van der Waals surface area contributed by atoms with E-state index in [1.54, 1.807) is 12.4 Å². The van der Waals surface area contributed by atoms with Gasteiger partial charge in [0.15, 0.2) is 5.82 Å². The molecule has 0 radical (unpaired) electrons. The number of hydrogen-bond acceptors (Lipinski definition) is 4. The van der Waals surface area contributed by atoms with Crippen LogP contribution in [0.3, 0.4) is 0 Å². The first-order valence-corrected chi connectivity index (χ1v) is 6.03. The van der Waals surface area contributed by atoms with Crippen LogP contribution in [0.2, 0.25) is 0 Å². The third-order valence-corrected chi connectivity index (χ3v) is 2.25. The number of hydrogen-bond donors (Lipinski definition) is 0. The Bertz CT molecular complexity index is 343. The van der Waals surface area contributed by atoms with E-state index in [4.69, 9.17) is 9.47 Å². The van der Waals surface area contributed by atoms with Crippen LogP contribution in [0.1, 0.15) is 37.8 Å². The highest BCUT2D eigenvalue weighted by molar-refractivity contribution is 5.95. The third-order valence-electron chi connectivity index (χ3n) is 2.25. The minimum absolute atomic E-state index is 0.216. The highest BCUT2D eigenvalue weighted by Gasteiger charge is 2.24. The Hall–Kier alpha value is -1.20. The maximum absolute atomic E-state index is 12.1. The van der Waals surface area contributed by atoms with Crippen LogP contribution in [0.15, 0.2) is 12.4 Å². The molecule has 0 bridgehead atoms. The van der Waals surface area contributed by atoms with Gasteiger partial charge in [-0.15, -0.1) is 0 Å². The summed E-state index contributed by atoms with van der Waals surface area (Å²) in [6, 6.07) is 0. The van der Waals surface area contributed by atoms with Gasteiger partial charge in [0.1, 0.15) is 0 Å². The van der Waals surface area contributed by atoms with E-state index in [2.05, 4.69) is 11.9 Å². The van der Waals surface area contributed by atoms with Crippen LogP contribution in [0.5, 0.6) is 0 Å². The summed E-state index contributed by atoms with van der Waals surface area (Å²) in [7, 11) is 0. The van der Waals surface area contributed by atoms with Gasteiger partial charge in [0.05, 0.1) is 0 Å². The van der Waals surface area contributed by atoms with Gasteiger partial charge in [-0.2, -0.15) is 0 Å². The molecule has 17 heavy (non-hydrogen) atoms. The van der Waals surface area contributed by atoms with Crippen LogP contribution in [-0.4, -0.2) is 34.8 Å². The molecule has 0 unspecified atom stereocenters. The van der Waals surface area contributed by atoms with E-state index in [0.717, 1.165) is 13.0 Å². The summed E-state index contributed by atoms with van der Waals surface area (Å²) < 4.78 is 12.4. The number of rotatable bonds is 8. The smallest absolute Gasteiger partial charge is 0.254 e. The number of nitrogens with zero attached hydrogens (tertiary/aromatic N) is 2. The molecule has 0 aliphatic heterocycles. The van der Waals surface area contributed by atoms with Crippen molar-refractivity contribution in [3.8, 4) is 0 Å². The van der Waals surface area contributed by atoms with Gasteiger partial charge in [0.25, 0.3) is 5.78 Å². The Morgan fingerprint density at radius 3 is 2.53 bits per heavy atom. The summed E-state index contributed by atoms with van der Waals surface area (Å²) in [5.41, 5.74) is 0. The predicted octanol–water partition coefficient (Wildman–Crippen LogP) is 1.87. The lowest BCUT2D eigenvalue weighted by molar-refractivity contribution is -0.108. The summed E-state index contributed by atoms with van der Waals surface area (Å²) >= 11 is 0. The van der Waals surface area contributed by atoms with E-state index in [1.165, 1.54) is 0 Å². The fourth-order valence-corrected chi connectivity index (χ4v) is 1.56. The van der Waals surface area contributed by atoms with Gasteiger partial charge in [-0.3, -0.25) is 4.79 Å². The lowest BCUT2D eigenvalue weighted by Gasteiger charge is -2.15. The normalized spacial score (nSPS) is 11.1. The minimum atomic E-state index is -0.844. The maximum atomic E-state index is 12.1. The standard InChI is InChI=1S/C12H20N2O3/c1-4-8-14-9-7-13-11(14)10(15)12(16-5-2)17-6-3/h7,9,12H,4-6,8H2,1-3H3. The number of ketones is 1. The molecule has 0 aliphatic rings. The van der Waals surface area contributed by atoms with Crippen molar-refractivity contribution in [2.75, 3.05) is 13.2 Å². The Kier molecular flexibility index (Phi) is 5.86. The van der Waals surface area contributed by atoms with Gasteiger partial charge in [-0.05, 0) is 20.3 Å². The van der Waals surface area contributed by atoms with Gasteiger partial charge in [-0.25, -0.2) is 4.98 Å². The summed E-state index contributed by atoms with van der Waals surface area (Å²) in [6.07, 6.45) is 3.52. The second-order valence-electron chi connectivity index (χ2n) is 3.55. The molecular weight excluding hydrogens is 220 g/mol. The number of aryl methyl sites for hydroxylation is 1. The fourth-order valence-electron chi connectivity index (χ4n) is 1.56. The highest BCUT2D eigenvalue weighted by atomic mass is 16.7. The monoisotopic (exact) mass is 240 g/mol. The quantitative estimate of drug-likeness (QED) is 0.514. The molecule has 0 N–H and O–H groups in total. The van der Waals surface area contributed by atoms with Crippen LogP contribution >= 0.6 is 0 Å². The van der Waals surface area contributed by atoms with Crippen LogP contribution in [0.4, 0.5) is 0 Å². The molecule has 0 spiro atoms. The van der Waals surface area contributed by atoms with Crippen molar-refractivity contribution < 1.29 is 14.3 Å². The molecule has 0 atom stereocenters. The molecule has 0 fully saturated rings. The van der Waals surface area contributed by atoms with Crippen molar-refractivity contribution in [1.29, 1.82) is 0 Å².